The van der Waals surface area contributed by atoms with E-state index in [9.17, 15) is 23.4 Å². The predicted octanol–water partition coefficient (Wildman–Crippen LogP) is 2.78. The largest absolute Gasteiger partial charge is 0.492 e. The summed E-state index contributed by atoms with van der Waals surface area (Å²) in [4.78, 5) is 9.61. The molecule has 4 rings (SSSR count). The van der Waals surface area contributed by atoms with Crippen molar-refractivity contribution in [1.29, 1.82) is 0 Å². The van der Waals surface area contributed by atoms with Crippen molar-refractivity contribution in [3.05, 3.63) is 46.1 Å². The highest BCUT2D eigenvalue weighted by atomic mass is 32.1. The molecule has 0 aliphatic carbocycles. The second kappa shape index (κ2) is 8.73. The minimum Gasteiger partial charge on any atom is -0.492 e. The number of hydrogen-bond donors (Lipinski definition) is 2. The number of rotatable bonds is 6. The van der Waals surface area contributed by atoms with E-state index in [2.05, 4.69) is 19.9 Å². The third-order valence-corrected chi connectivity index (χ3v) is 6.60. The molecule has 7 nitrogen and oxygen atoms in total. The molecule has 1 fully saturated rings. The van der Waals surface area contributed by atoms with E-state index < -0.39 is 17.8 Å². The van der Waals surface area contributed by atoms with Gasteiger partial charge in [-0.1, -0.05) is 30.4 Å². The summed E-state index contributed by atoms with van der Waals surface area (Å²) in [5.41, 5.74) is -0.262. The van der Waals surface area contributed by atoms with Crippen LogP contribution in [0.5, 0.6) is 5.88 Å². The Kier molecular flexibility index (Phi) is 6.20. The van der Waals surface area contributed by atoms with Crippen LogP contribution < -0.4 is 0 Å². The number of aliphatic hydroxyl groups is 1. The lowest BCUT2D eigenvalue weighted by Gasteiger charge is -2.39. The minimum absolute atomic E-state index is 0.0609. The fourth-order valence-corrected chi connectivity index (χ4v) is 5.05. The number of aromatic hydroxyl groups is 1. The van der Waals surface area contributed by atoms with Crippen LogP contribution in [0, 0.1) is 0 Å². The minimum atomic E-state index is -4.45. The van der Waals surface area contributed by atoms with E-state index in [1.807, 2.05) is 6.92 Å². The van der Waals surface area contributed by atoms with Gasteiger partial charge < -0.3 is 10.2 Å². The standard InChI is InChI=1S/C20H24F3N5O2S/c1-2-15-24-19-28(25-15)18(30)17(31-19)16(27-8-6-26(7-9-27)10-11-29)13-4-3-5-14(12-13)20(21,22)23/h3-5,12,16,29-30H,2,6-11H2,1H3/t16-/m1/s1. The molecule has 31 heavy (non-hydrogen) atoms. The molecule has 0 radical (unpaired) electrons. The van der Waals surface area contributed by atoms with E-state index in [-0.39, 0.29) is 12.5 Å². The number of aromatic nitrogens is 3. The summed E-state index contributed by atoms with van der Waals surface area (Å²) in [6.45, 7) is 5.07. The molecular formula is C20H24F3N5O2S. The van der Waals surface area contributed by atoms with Gasteiger partial charge in [0.25, 0.3) is 0 Å². The Bertz CT molecular complexity index is 1040. The van der Waals surface area contributed by atoms with Crippen LogP contribution in [0.1, 0.15) is 34.8 Å². The molecule has 168 valence electrons. The highest BCUT2D eigenvalue weighted by Crippen LogP contribution is 2.41. The topological polar surface area (TPSA) is 77.1 Å². The number of thiazole rings is 1. The molecule has 1 atom stereocenters. The van der Waals surface area contributed by atoms with Crippen LogP contribution in [0.2, 0.25) is 0 Å². The van der Waals surface area contributed by atoms with Crippen molar-refractivity contribution >= 4 is 16.3 Å². The third-order valence-electron chi connectivity index (χ3n) is 5.53. The van der Waals surface area contributed by atoms with Crippen molar-refractivity contribution in [2.45, 2.75) is 25.6 Å². The molecule has 1 aromatic carbocycles. The van der Waals surface area contributed by atoms with Gasteiger partial charge in [-0.25, -0.2) is 4.98 Å². The van der Waals surface area contributed by atoms with Crippen LogP contribution in [0.3, 0.4) is 0 Å². The van der Waals surface area contributed by atoms with Crippen LogP contribution in [0.4, 0.5) is 13.2 Å². The van der Waals surface area contributed by atoms with Gasteiger partial charge in [0, 0.05) is 39.1 Å². The lowest BCUT2D eigenvalue weighted by molar-refractivity contribution is -0.137. The Balaban J connectivity index is 1.75. The molecule has 1 aliphatic heterocycles. The van der Waals surface area contributed by atoms with Crippen LogP contribution >= 0.6 is 11.3 Å². The molecule has 2 N–H and O–H groups in total. The number of nitrogens with zero attached hydrogens (tertiary/aromatic N) is 5. The van der Waals surface area contributed by atoms with Crippen LogP contribution in [-0.4, -0.2) is 73.9 Å². The first-order valence-corrected chi connectivity index (χ1v) is 10.9. The lowest BCUT2D eigenvalue weighted by atomic mass is 10.00. The summed E-state index contributed by atoms with van der Waals surface area (Å²) in [5, 5.41) is 24.4. The van der Waals surface area contributed by atoms with Crippen molar-refractivity contribution in [3.8, 4) is 5.88 Å². The average Bonchev–Trinajstić information content (AvgIpc) is 3.29. The van der Waals surface area contributed by atoms with Crippen molar-refractivity contribution < 1.29 is 23.4 Å². The first-order chi connectivity index (χ1) is 14.8. The summed E-state index contributed by atoms with van der Waals surface area (Å²) in [7, 11) is 0. The molecule has 0 unspecified atom stereocenters. The fourth-order valence-electron chi connectivity index (χ4n) is 3.92. The lowest BCUT2D eigenvalue weighted by Crippen LogP contribution is -2.48. The van der Waals surface area contributed by atoms with E-state index in [1.165, 1.54) is 21.9 Å². The van der Waals surface area contributed by atoms with Gasteiger partial charge in [-0.15, -0.1) is 5.10 Å². The first-order valence-electron chi connectivity index (χ1n) is 10.1. The zero-order valence-electron chi connectivity index (χ0n) is 17.0. The number of hydrogen-bond acceptors (Lipinski definition) is 7. The Morgan fingerprint density at radius 1 is 1.19 bits per heavy atom. The van der Waals surface area contributed by atoms with Crippen molar-refractivity contribution in [1.82, 2.24) is 24.4 Å². The van der Waals surface area contributed by atoms with E-state index in [4.69, 9.17) is 0 Å². The first kappa shape index (κ1) is 22.0. The molecule has 1 saturated heterocycles. The van der Waals surface area contributed by atoms with Crippen molar-refractivity contribution in [3.63, 3.8) is 0 Å². The van der Waals surface area contributed by atoms with E-state index >= 15 is 0 Å². The fraction of sp³-hybridized carbons (Fsp3) is 0.500. The Hall–Kier alpha value is -2.21. The van der Waals surface area contributed by atoms with Gasteiger partial charge in [0.1, 0.15) is 0 Å². The quantitative estimate of drug-likeness (QED) is 0.595. The van der Waals surface area contributed by atoms with Gasteiger partial charge in [-0.3, -0.25) is 9.80 Å². The number of aliphatic hydroxyl groups excluding tert-OH is 1. The monoisotopic (exact) mass is 455 g/mol. The molecule has 11 heteroatoms. The summed E-state index contributed by atoms with van der Waals surface area (Å²) >= 11 is 1.24. The molecule has 0 saturated carbocycles. The van der Waals surface area contributed by atoms with E-state index in [1.54, 1.807) is 6.07 Å². The van der Waals surface area contributed by atoms with E-state index in [0.29, 0.717) is 60.4 Å². The number of β-amino-alcohol motifs (C(OH)–C–C–N with tert-alkyl or cyclic N) is 1. The summed E-state index contributed by atoms with van der Waals surface area (Å²) in [5.74, 6) is 0.508. The Labute approximate surface area is 181 Å². The molecule has 2 aromatic heterocycles. The maximum atomic E-state index is 13.4. The van der Waals surface area contributed by atoms with Crippen LogP contribution in [-0.2, 0) is 12.6 Å². The number of piperazine rings is 1. The Morgan fingerprint density at radius 3 is 2.55 bits per heavy atom. The van der Waals surface area contributed by atoms with Gasteiger partial charge in [0.05, 0.1) is 23.1 Å². The maximum Gasteiger partial charge on any atom is 0.416 e. The second-order valence-corrected chi connectivity index (χ2v) is 8.50. The number of fused-ring (bicyclic) bond motifs is 1. The molecule has 0 spiro atoms. The normalized spacial score (nSPS) is 17.5. The predicted molar refractivity (Wildman–Crippen MR) is 110 cm³/mol. The Morgan fingerprint density at radius 2 is 1.94 bits per heavy atom. The molecule has 1 aliphatic rings. The number of benzene rings is 1. The second-order valence-electron chi connectivity index (χ2n) is 7.49. The summed E-state index contributed by atoms with van der Waals surface area (Å²) in [6.07, 6.45) is -3.84. The van der Waals surface area contributed by atoms with Gasteiger partial charge in [0.2, 0.25) is 10.8 Å². The zero-order chi connectivity index (χ0) is 22.2. The number of aryl methyl sites for hydroxylation is 1. The van der Waals surface area contributed by atoms with Crippen molar-refractivity contribution in [2.24, 2.45) is 0 Å². The van der Waals surface area contributed by atoms with Gasteiger partial charge in [-0.2, -0.15) is 17.7 Å². The molecule has 0 bridgehead atoms. The van der Waals surface area contributed by atoms with Gasteiger partial charge in [-0.05, 0) is 17.7 Å². The molecule has 3 aromatic rings. The highest BCUT2D eigenvalue weighted by molar-refractivity contribution is 7.17. The smallest absolute Gasteiger partial charge is 0.416 e. The van der Waals surface area contributed by atoms with Crippen LogP contribution in [0.15, 0.2) is 24.3 Å². The van der Waals surface area contributed by atoms with Crippen molar-refractivity contribution in [2.75, 3.05) is 39.3 Å². The zero-order valence-corrected chi connectivity index (χ0v) is 17.8. The van der Waals surface area contributed by atoms with Gasteiger partial charge >= 0.3 is 6.18 Å². The SMILES string of the molecule is CCc1nc2sc([C@@H](c3cccc(C(F)(F)F)c3)N3CCN(CCO)CC3)c(O)n2n1. The molecule has 0 amide bonds. The molecule has 3 heterocycles. The third kappa shape index (κ3) is 4.40. The summed E-state index contributed by atoms with van der Waals surface area (Å²) < 4.78 is 41.5. The number of alkyl halides is 3. The van der Waals surface area contributed by atoms with Crippen LogP contribution in [0.25, 0.3) is 4.96 Å². The summed E-state index contributed by atoms with van der Waals surface area (Å²) in [6, 6.07) is 4.70. The molecular weight excluding hydrogens is 431 g/mol. The maximum absolute atomic E-state index is 13.4. The number of halogens is 3. The highest BCUT2D eigenvalue weighted by Gasteiger charge is 2.35. The average molecular weight is 456 g/mol. The van der Waals surface area contributed by atoms with Gasteiger partial charge in [0.15, 0.2) is 5.82 Å². The van der Waals surface area contributed by atoms with E-state index in [0.717, 1.165) is 12.1 Å².